The number of carbonyl (C=O) groups excluding carboxylic acids is 1. The lowest BCUT2D eigenvalue weighted by Crippen LogP contribution is -2.42. The first-order chi connectivity index (χ1) is 11.3. The highest BCUT2D eigenvalue weighted by atomic mass is 35.5. The molecule has 0 spiro atoms. The highest BCUT2D eigenvalue weighted by molar-refractivity contribution is 7.09. The molecule has 0 saturated carbocycles. The molecule has 4 nitrogen and oxygen atoms in total. The average Bonchev–Trinajstić information content (AvgIpc) is 3.25. The SMILES string of the molecule is CCCN(C(=O)c1csc(Cc2ccccc2)n1)C1CCNC1.Cl.Cl. The summed E-state index contributed by atoms with van der Waals surface area (Å²) in [6, 6.07) is 10.6. The van der Waals surface area contributed by atoms with E-state index in [-0.39, 0.29) is 30.7 Å². The molecular weight excluding hydrogens is 377 g/mol. The molecule has 3 rings (SSSR count). The van der Waals surface area contributed by atoms with E-state index in [4.69, 9.17) is 0 Å². The molecule has 0 radical (unpaired) electrons. The van der Waals surface area contributed by atoms with Crippen molar-refractivity contribution in [2.24, 2.45) is 0 Å². The Bertz CT molecular complexity index is 645. The highest BCUT2D eigenvalue weighted by Crippen LogP contribution is 2.18. The molecule has 0 bridgehead atoms. The van der Waals surface area contributed by atoms with Crippen molar-refractivity contribution in [3.05, 3.63) is 52.0 Å². The van der Waals surface area contributed by atoms with Crippen LogP contribution in [0.15, 0.2) is 35.7 Å². The third-order valence-corrected chi connectivity index (χ3v) is 5.02. The number of hydrogen-bond acceptors (Lipinski definition) is 4. The van der Waals surface area contributed by atoms with Crippen LogP contribution in [0.5, 0.6) is 0 Å². The first-order valence-corrected chi connectivity index (χ1v) is 9.16. The number of nitrogens with zero attached hydrogens (tertiary/aromatic N) is 2. The Hall–Kier alpha value is -1.14. The predicted molar refractivity (Wildman–Crippen MR) is 108 cm³/mol. The van der Waals surface area contributed by atoms with Gasteiger partial charge in [-0.2, -0.15) is 0 Å². The van der Waals surface area contributed by atoms with Gasteiger partial charge in [0.05, 0.1) is 5.01 Å². The molecule has 1 aromatic heterocycles. The standard InChI is InChI=1S/C18H23N3OS.2ClH/c1-2-10-21(15-8-9-19-12-15)18(22)16-13-23-17(20-16)11-14-6-4-3-5-7-14;;/h3-7,13,15,19H,2,8-12H2,1H3;2*1H. The Kier molecular flexibility index (Phi) is 9.43. The van der Waals surface area contributed by atoms with Crippen molar-refractivity contribution < 1.29 is 4.79 Å². The lowest BCUT2D eigenvalue weighted by molar-refractivity contribution is 0.0687. The number of hydrogen-bond donors (Lipinski definition) is 1. The molecule has 0 aliphatic carbocycles. The molecule has 1 aromatic carbocycles. The number of nitrogens with one attached hydrogen (secondary N) is 1. The molecule has 1 saturated heterocycles. The maximum atomic E-state index is 12.8. The van der Waals surface area contributed by atoms with Gasteiger partial charge in [-0.3, -0.25) is 4.79 Å². The summed E-state index contributed by atoms with van der Waals surface area (Å²) in [5.41, 5.74) is 1.83. The fourth-order valence-electron chi connectivity index (χ4n) is 3.00. The molecule has 1 fully saturated rings. The Morgan fingerprint density at radius 3 is 2.72 bits per heavy atom. The number of thiazole rings is 1. The summed E-state index contributed by atoms with van der Waals surface area (Å²) in [6.07, 6.45) is 2.80. The molecular formula is C18H25Cl2N3OS. The smallest absolute Gasteiger partial charge is 0.273 e. The Balaban J connectivity index is 0.00000156. The van der Waals surface area contributed by atoms with Gasteiger partial charge in [0.15, 0.2) is 0 Å². The zero-order chi connectivity index (χ0) is 16.1. The number of benzene rings is 1. The van der Waals surface area contributed by atoms with Crippen LogP contribution in [-0.4, -0.2) is 41.5 Å². The minimum Gasteiger partial charge on any atom is -0.333 e. The summed E-state index contributed by atoms with van der Waals surface area (Å²) in [7, 11) is 0. The van der Waals surface area contributed by atoms with Crippen LogP contribution in [0.3, 0.4) is 0 Å². The quantitative estimate of drug-likeness (QED) is 0.800. The van der Waals surface area contributed by atoms with Crippen LogP contribution in [0.25, 0.3) is 0 Å². The minimum atomic E-state index is 0. The largest absolute Gasteiger partial charge is 0.333 e. The van der Waals surface area contributed by atoms with E-state index in [2.05, 4.69) is 29.4 Å². The molecule has 1 unspecified atom stereocenters. The molecule has 7 heteroatoms. The second-order valence-corrected chi connectivity index (χ2v) is 6.88. The van der Waals surface area contributed by atoms with Gasteiger partial charge in [0.1, 0.15) is 5.69 Å². The van der Waals surface area contributed by atoms with E-state index in [0.29, 0.717) is 11.7 Å². The fourth-order valence-corrected chi connectivity index (χ4v) is 3.81. The zero-order valence-corrected chi connectivity index (χ0v) is 16.8. The van der Waals surface area contributed by atoms with Gasteiger partial charge in [0.25, 0.3) is 5.91 Å². The molecule has 1 aliphatic heterocycles. The van der Waals surface area contributed by atoms with Crippen molar-refractivity contribution in [3.8, 4) is 0 Å². The second kappa shape index (κ2) is 10.8. The zero-order valence-electron chi connectivity index (χ0n) is 14.3. The normalized spacial score (nSPS) is 16.0. The van der Waals surface area contributed by atoms with Gasteiger partial charge in [-0.05, 0) is 24.9 Å². The lowest BCUT2D eigenvalue weighted by Gasteiger charge is -2.27. The maximum Gasteiger partial charge on any atom is 0.273 e. The number of halogens is 2. The summed E-state index contributed by atoms with van der Waals surface area (Å²) in [5, 5.41) is 6.25. The third kappa shape index (κ3) is 5.68. The van der Waals surface area contributed by atoms with Crippen molar-refractivity contribution in [3.63, 3.8) is 0 Å². The van der Waals surface area contributed by atoms with Gasteiger partial charge in [0.2, 0.25) is 0 Å². The van der Waals surface area contributed by atoms with Crippen LogP contribution in [0.2, 0.25) is 0 Å². The average molecular weight is 402 g/mol. The van der Waals surface area contributed by atoms with Gasteiger partial charge in [-0.1, -0.05) is 37.3 Å². The van der Waals surface area contributed by atoms with E-state index < -0.39 is 0 Å². The van der Waals surface area contributed by atoms with E-state index in [1.54, 1.807) is 11.3 Å². The van der Waals surface area contributed by atoms with Gasteiger partial charge in [-0.25, -0.2) is 4.98 Å². The molecule has 25 heavy (non-hydrogen) atoms. The molecule has 2 aromatic rings. The molecule has 138 valence electrons. The van der Waals surface area contributed by atoms with Crippen LogP contribution in [0, 0.1) is 0 Å². The van der Waals surface area contributed by atoms with E-state index >= 15 is 0 Å². The third-order valence-electron chi connectivity index (χ3n) is 4.17. The highest BCUT2D eigenvalue weighted by Gasteiger charge is 2.27. The van der Waals surface area contributed by atoms with Gasteiger partial charge < -0.3 is 10.2 Å². The van der Waals surface area contributed by atoms with Crippen LogP contribution in [-0.2, 0) is 6.42 Å². The Morgan fingerprint density at radius 2 is 2.08 bits per heavy atom. The first kappa shape index (κ1) is 21.9. The van der Waals surface area contributed by atoms with Crippen LogP contribution in [0.4, 0.5) is 0 Å². The summed E-state index contributed by atoms with van der Waals surface area (Å²) in [5.74, 6) is 0.0797. The first-order valence-electron chi connectivity index (χ1n) is 8.28. The van der Waals surface area contributed by atoms with E-state index in [0.717, 1.165) is 43.9 Å². The molecule has 1 atom stereocenters. The van der Waals surface area contributed by atoms with Crippen LogP contribution in [0.1, 0.15) is 40.8 Å². The maximum absolute atomic E-state index is 12.8. The molecule has 1 amide bonds. The van der Waals surface area contributed by atoms with Crippen molar-refractivity contribution >= 4 is 42.1 Å². The summed E-state index contributed by atoms with van der Waals surface area (Å²) in [4.78, 5) is 19.4. The van der Waals surface area contributed by atoms with Crippen LogP contribution >= 0.6 is 36.2 Å². The number of rotatable bonds is 6. The summed E-state index contributed by atoms with van der Waals surface area (Å²) in [6.45, 7) is 4.81. The Morgan fingerprint density at radius 1 is 1.32 bits per heavy atom. The van der Waals surface area contributed by atoms with Crippen molar-refractivity contribution in [1.29, 1.82) is 0 Å². The second-order valence-electron chi connectivity index (χ2n) is 5.93. The van der Waals surface area contributed by atoms with E-state index in [1.807, 2.05) is 28.5 Å². The van der Waals surface area contributed by atoms with Gasteiger partial charge in [-0.15, -0.1) is 36.2 Å². The number of carbonyl (C=O) groups is 1. The summed E-state index contributed by atoms with van der Waals surface area (Å²) < 4.78 is 0. The molecule has 1 aliphatic rings. The van der Waals surface area contributed by atoms with Gasteiger partial charge in [0, 0.05) is 30.9 Å². The van der Waals surface area contributed by atoms with E-state index in [1.165, 1.54) is 5.56 Å². The fraction of sp³-hybridized carbons (Fsp3) is 0.444. The minimum absolute atomic E-state index is 0. The van der Waals surface area contributed by atoms with Crippen molar-refractivity contribution in [2.45, 2.75) is 32.2 Å². The number of amides is 1. The summed E-state index contributed by atoms with van der Waals surface area (Å²) >= 11 is 1.58. The monoisotopic (exact) mass is 401 g/mol. The topological polar surface area (TPSA) is 45.2 Å². The number of aromatic nitrogens is 1. The predicted octanol–water partition coefficient (Wildman–Crippen LogP) is 3.79. The van der Waals surface area contributed by atoms with Crippen molar-refractivity contribution in [1.82, 2.24) is 15.2 Å². The molecule has 2 heterocycles. The van der Waals surface area contributed by atoms with Crippen LogP contribution < -0.4 is 5.32 Å². The Labute approximate surface area is 165 Å². The van der Waals surface area contributed by atoms with Crippen molar-refractivity contribution in [2.75, 3.05) is 19.6 Å². The van der Waals surface area contributed by atoms with E-state index in [9.17, 15) is 4.79 Å². The lowest BCUT2D eigenvalue weighted by atomic mass is 10.2. The molecule has 1 N–H and O–H groups in total. The van der Waals surface area contributed by atoms with Gasteiger partial charge >= 0.3 is 0 Å².